The fraction of sp³-hybridized carbons (Fsp3) is 0.103. The second-order valence-corrected chi connectivity index (χ2v) is 11.0. The lowest BCUT2D eigenvalue weighted by Crippen LogP contribution is -2.01. The molecule has 0 fully saturated rings. The molecule has 0 saturated carbocycles. The van der Waals surface area contributed by atoms with Gasteiger partial charge in [0.1, 0.15) is 0 Å². The van der Waals surface area contributed by atoms with Gasteiger partial charge in [-0.2, -0.15) is 0 Å². The van der Waals surface area contributed by atoms with Crippen LogP contribution in [0.1, 0.15) is 31.5 Å². The van der Waals surface area contributed by atoms with Crippen LogP contribution in [0, 0.1) is 0 Å². The fourth-order valence-corrected chi connectivity index (χ4v) is 6.90. The van der Waals surface area contributed by atoms with Crippen molar-refractivity contribution in [3.63, 3.8) is 0 Å². The molecule has 8 rings (SSSR count). The third-order valence-electron chi connectivity index (χ3n) is 8.81. The molecule has 196 valence electrons. The highest BCUT2D eigenvalue weighted by molar-refractivity contribution is 6.17. The van der Waals surface area contributed by atoms with Crippen LogP contribution < -0.4 is 0 Å². The molecule has 2 heterocycles. The molecule has 2 nitrogen and oxygen atoms in total. The molecule has 0 bridgehead atoms. The number of rotatable bonds is 4. The highest BCUT2D eigenvalue weighted by atomic mass is 15.0. The van der Waals surface area contributed by atoms with Gasteiger partial charge in [-0.15, -0.1) is 0 Å². The van der Waals surface area contributed by atoms with E-state index in [0.717, 1.165) is 18.5 Å². The van der Waals surface area contributed by atoms with Crippen LogP contribution in [0.5, 0.6) is 0 Å². The van der Waals surface area contributed by atoms with Crippen molar-refractivity contribution in [2.24, 2.45) is 4.99 Å². The molecule has 1 aliphatic heterocycles. The van der Waals surface area contributed by atoms with Gasteiger partial charge in [0.2, 0.25) is 0 Å². The molecule has 0 spiro atoms. The molecule has 1 aliphatic carbocycles. The maximum Gasteiger partial charge on any atom is 0.0924 e. The van der Waals surface area contributed by atoms with Crippen LogP contribution in [0.3, 0.4) is 0 Å². The Kier molecular flexibility index (Phi) is 5.43. The molecule has 0 radical (unpaired) electrons. The predicted molar refractivity (Wildman–Crippen MR) is 177 cm³/mol. The third kappa shape index (κ3) is 3.54. The van der Waals surface area contributed by atoms with E-state index in [1.54, 1.807) is 0 Å². The first-order chi connectivity index (χ1) is 20.2. The number of aromatic nitrogens is 1. The van der Waals surface area contributed by atoms with Crippen LogP contribution in [0.15, 0.2) is 120 Å². The quantitative estimate of drug-likeness (QED) is 0.203. The van der Waals surface area contributed by atoms with Gasteiger partial charge in [0, 0.05) is 29.1 Å². The molecular weight excluding hydrogens is 496 g/mol. The van der Waals surface area contributed by atoms with Crippen molar-refractivity contribution in [1.82, 2.24) is 4.57 Å². The minimum atomic E-state index is 0.855. The molecule has 0 atom stereocenters. The highest BCUT2D eigenvalue weighted by Gasteiger charge is 2.23. The molecule has 41 heavy (non-hydrogen) atoms. The molecule has 2 heteroatoms. The number of aliphatic imine (C=N–C) groups is 1. The van der Waals surface area contributed by atoms with Crippen LogP contribution >= 0.6 is 0 Å². The van der Waals surface area contributed by atoms with Crippen molar-refractivity contribution in [3.05, 3.63) is 127 Å². The second kappa shape index (κ2) is 9.31. The fourth-order valence-electron chi connectivity index (χ4n) is 6.90. The van der Waals surface area contributed by atoms with E-state index in [1.807, 2.05) is 6.21 Å². The summed E-state index contributed by atoms with van der Waals surface area (Å²) >= 11 is 0. The Balaban J connectivity index is 1.32. The first kappa shape index (κ1) is 23.9. The second-order valence-electron chi connectivity index (χ2n) is 11.0. The minimum Gasteiger partial charge on any atom is -0.314 e. The van der Waals surface area contributed by atoms with Gasteiger partial charge in [0.25, 0.3) is 0 Å². The SMILES string of the molecule is CC/C(=C\C=C(/C)c1ccc2c3c(cccc13)-c1ccccc1-2)n1c2c(c3ccc4ccccc4c31)N=CC=CC2. The van der Waals surface area contributed by atoms with Crippen molar-refractivity contribution in [2.45, 2.75) is 26.7 Å². The van der Waals surface area contributed by atoms with Crippen molar-refractivity contribution in [3.8, 4) is 22.3 Å². The number of hydrogen-bond acceptors (Lipinski definition) is 1. The monoisotopic (exact) mass is 526 g/mol. The zero-order chi connectivity index (χ0) is 27.5. The average Bonchev–Trinajstić information content (AvgIpc) is 3.39. The molecular formula is C39H30N2. The van der Waals surface area contributed by atoms with Crippen LogP contribution in [-0.4, -0.2) is 10.8 Å². The molecule has 0 N–H and O–H groups in total. The largest absolute Gasteiger partial charge is 0.314 e. The summed E-state index contributed by atoms with van der Waals surface area (Å²) in [5, 5.41) is 6.43. The van der Waals surface area contributed by atoms with Gasteiger partial charge in [0.05, 0.1) is 16.9 Å². The summed E-state index contributed by atoms with van der Waals surface area (Å²) in [5.41, 5.74) is 12.8. The Bertz CT molecular complexity index is 2130. The Morgan fingerprint density at radius 1 is 0.756 bits per heavy atom. The number of fused-ring (bicyclic) bond motifs is 8. The van der Waals surface area contributed by atoms with Crippen LogP contribution in [-0.2, 0) is 6.42 Å². The van der Waals surface area contributed by atoms with Gasteiger partial charge >= 0.3 is 0 Å². The lowest BCUT2D eigenvalue weighted by molar-refractivity contribution is 0.976. The molecule has 6 aromatic rings. The van der Waals surface area contributed by atoms with Crippen LogP contribution in [0.25, 0.3) is 66.0 Å². The Labute approximate surface area is 240 Å². The van der Waals surface area contributed by atoms with E-state index in [2.05, 4.69) is 134 Å². The van der Waals surface area contributed by atoms with E-state index in [0.29, 0.717) is 0 Å². The standard InChI is InChI=1S/C39H30N2/c1-3-27(41-36-17-8-9-24-40-38(36)35-21-19-26-11-4-5-12-29(26)39(35)41)20-18-25(2)28-22-23-34-31-14-7-6-13-30(31)33-16-10-15-32(28)37(33)34/h4-16,18-24H,3,17H2,1-2H3/b25-18+,27-20+. The summed E-state index contributed by atoms with van der Waals surface area (Å²) in [4.78, 5) is 4.90. The Morgan fingerprint density at radius 3 is 2.37 bits per heavy atom. The van der Waals surface area contributed by atoms with Crippen molar-refractivity contribution >= 4 is 55.6 Å². The average molecular weight is 527 g/mol. The van der Waals surface area contributed by atoms with E-state index in [1.165, 1.54) is 77.2 Å². The van der Waals surface area contributed by atoms with Crippen molar-refractivity contribution in [2.75, 3.05) is 0 Å². The number of nitrogens with zero attached hydrogens (tertiary/aromatic N) is 2. The van der Waals surface area contributed by atoms with Gasteiger partial charge < -0.3 is 4.57 Å². The minimum absolute atomic E-state index is 0.855. The zero-order valence-electron chi connectivity index (χ0n) is 23.4. The third-order valence-corrected chi connectivity index (χ3v) is 8.81. The number of benzene rings is 5. The van der Waals surface area contributed by atoms with Crippen molar-refractivity contribution in [1.29, 1.82) is 0 Å². The van der Waals surface area contributed by atoms with E-state index in [4.69, 9.17) is 4.99 Å². The first-order valence-corrected chi connectivity index (χ1v) is 14.5. The van der Waals surface area contributed by atoms with Gasteiger partial charge in [-0.3, -0.25) is 4.99 Å². The van der Waals surface area contributed by atoms with Gasteiger partial charge in [-0.05, 0) is 81.1 Å². The zero-order valence-corrected chi connectivity index (χ0v) is 23.4. The summed E-state index contributed by atoms with van der Waals surface area (Å²) in [7, 11) is 0. The molecule has 2 aliphatic rings. The van der Waals surface area contributed by atoms with Gasteiger partial charge in [-0.25, -0.2) is 0 Å². The summed E-state index contributed by atoms with van der Waals surface area (Å²) < 4.78 is 2.48. The lowest BCUT2D eigenvalue weighted by Gasteiger charge is -2.14. The predicted octanol–water partition coefficient (Wildman–Crippen LogP) is 10.8. The Morgan fingerprint density at radius 2 is 1.51 bits per heavy atom. The maximum atomic E-state index is 4.90. The molecule has 1 aromatic heterocycles. The van der Waals surface area contributed by atoms with Crippen molar-refractivity contribution < 1.29 is 0 Å². The van der Waals surface area contributed by atoms with E-state index < -0.39 is 0 Å². The molecule has 0 amide bonds. The molecule has 0 unspecified atom stereocenters. The Hall–Kier alpha value is -4.95. The topological polar surface area (TPSA) is 17.3 Å². The number of allylic oxidation sites excluding steroid dienone is 6. The van der Waals surface area contributed by atoms with Gasteiger partial charge in [0.15, 0.2) is 0 Å². The summed E-state index contributed by atoms with van der Waals surface area (Å²) in [5.74, 6) is 0. The maximum absolute atomic E-state index is 4.90. The first-order valence-electron chi connectivity index (χ1n) is 14.5. The molecule has 5 aromatic carbocycles. The lowest BCUT2D eigenvalue weighted by atomic mass is 9.94. The van der Waals surface area contributed by atoms with E-state index >= 15 is 0 Å². The highest BCUT2D eigenvalue weighted by Crippen LogP contribution is 2.48. The van der Waals surface area contributed by atoms with E-state index in [-0.39, 0.29) is 0 Å². The molecule has 0 saturated heterocycles. The summed E-state index contributed by atoms with van der Waals surface area (Å²) in [6.45, 7) is 4.50. The van der Waals surface area contributed by atoms with Crippen LogP contribution in [0.4, 0.5) is 5.69 Å². The van der Waals surface area contributed by atoms with Gasteiger partial charge in [-0.1, -0.05) is 104 Å². The summed E-state index contributed by atoms with van der Waals surface area (Å²) in [6.07, 6.45) is 12.6. The smallest absolute Gasteiger partial charge is 0.0924 e. The van der Waals surface area contributed by atoms with E-state index in [9.17, 15) is 0 Å². The number of hydrogen-bond donors (Lipinski definition) is 0. The summed E-state index contributed by atoms with van der Waals surface area (Å²) in [6, 6.07) is 33.3. The normalized spacial score (nSPS) is 14.2. The van der Waals surface area contributed by atoms with Crippen LogP contribution in [0.2, 0.25) is 0 Å².